The minimum absolute atomic E-state index is 0.0453. The molecular weight excluding hydrogens is 430 g/mol. The second-order valence-electron chi connectivity index (χ2n) is 7.53. The van der Waals surface area contributed by atoms with Gasteiger partial charge in [-0.3, -0.25) is 14.6 Å². The largest absolute Gasteiger partial charge is 0.381 e. The lowest BCUT2D eigenvalue weighted by molar-refractivity contribution is -0.117. The van der Waals surface area contributed by atoms with Crippen molar-refractivity contribution in [3.63, 3.8) is 0 Å². The van der Waals surface area contributed by atoms with Crippen LogP contribution in [0.25, 0.3) is 10.4 Å². The van der Waals surface area contributed by atoms with Gasteiger partial charge in [0.05, 0.1) is 17.9 Å². The van der Waals surface area contributed by atoms with Crippen molar-refractivity contribution in [1.29, 1.82) is 0 Å². The second-order valence-corrected chi connectivity index (χ2v) is 7.53. The molecule has 2 aliphatic rings. The van der Waals surface area contributed by atoms with E-state index in [0.717, 1.165) is 0 Å². The van der Waals surface area contributed by atoms with E-state index in [2.05, 4.69) is 20.5 Å². The average molecular weight is 451 g/mol. The van der Waals surface area contributed by atoms with Crippen molar-refractivity contribution in [3.8, 4) is 0 Å². The number of nitrogens with zero attached hydrogens (tertiary/aromatic N) is 7. The van der Waals surface area contributed by atoms with Gasteiger partial charge >= 0.3 is 5.91 Å². The first-order valence-corrected chi connectivity index (χ1v) is 10.2. The molecule has 0 unspecified atom stereocenters. The van der Waals surface area contributed by atoms with E-state index in [1.165, 1.54) is 17.1 Å². The number of nitrogens with one attached hydrogen (secondary N) is 1. The monoisotopic (exact) mass is 451 g/mol. The summed E-state index contributed by atoms with van der Waals surface area (Å²) in [5.41, 5.74) is 9.82. The average Bonchev–Trinajstić information content (AvgIpc) is 2.86. The van der Waals surface area contributed by atoms with Gasteiger partial charge in [0.25, 0.3) is 0 Å². The quantitative estimate of drug-likeness (QED) is 0.168. The van der Waals surface area contributed by atoms with Gasteiger partial charge in [0.2, 0.25) is 5.91 Å². The Kier molecular flexibility index (Phi) is 6.45. The number of rotatable bonds is 6. The fourth-order valence-corrected chi connectivity index (χ4v) is 4.01. The van der Waals surface area contributed by atoms with Crippen LogP contribution in [0, 0.1) is 4.91 Å². The molecule has 13 heteroatoms. The maximum absolute atomic E-state index is 12.8. The molecule has 2 aromatic rings. The molecule has 2 amide bonds. The number of ether oxygens (including phenoxy) is 1. The number of fused-ring (bicyclic) bond motifs is 1. The number of aromatic nitrogens is 1. The number of hydrogen-bond donors (Lipinski definition) is 2. The molecule has 0 saturated carbocycles. The summed E-state index contributed by atoms with van der Waals surface area (Å²) in [4.78, 5) is 44.4. The van der Waals surface area contributed by atoms with Crippen molar-refractivity contribution in [2.75, 3.05) is 35.0 Å². The molecule has 1 fully saturated rings. The standard InChI is InChI=1S/C20H21N9O4/c21-27-23-11-16-20(31)24-15-4-5-17(25-18(15)28(16)13-6-8-33-9-7-13)29(22)14-3-1-2-12(10-14)19(30)26-32/h1-5,10,13,16H,6-9,11,22H2,(H,24,31)/t16-/m1/s1. The van der Waals surface area contributed by atoms with Gasteiger partial charge in [-0.05, 0) is 48.7 Å². The third-order valence-corrected chi connectivity index (χ3v) is 5.60. The number of azide groups is 1. The summed E-state index contributed by atoms with van der Waals surface area (Å²) in [7, 11) is 0. The van der Waals surface area contributed by atoms with Crippen molar-refractivity contribution >= 4 is 34.8 Å². The molecule has 1 atom stereocenters. The molecule has 1 aromatic heterocycles. The Bertz CT molecular complexity index is 1130. The summed E-state index contributed by atoms with van der Waals surface area (Å²) in [5.74, 6) is 5.93. The fourth-order valence-electron chi connectivity index (χ4n) is 4.01. The first-order valence-electron chi connectivity index (χ1n) is 10.2. The molecule has 33 heavy (non-hydrogen) atoms. The Labute approximate surface area is 188 Å². The van der Waals surface area contributed by atoms with Gasteiger partial charge in [0.15, 0.2) is 5.82 Å². The highest BCUT2D eigenvalue weighted by molar-refractivity contribution is 6.03. The Morgan fingerprint density at radius 3 is 2.85 bits per heavy atom. The summed E-state index contributed by atoms with van der Waals surface area (Å²) in [5, 5.41) is 10.1. The van der Waals surface area contributed by atoms with Gasteiger partial charge in [-0.1, -0.05) is 11.2 Å². The van der Waals surface area contributed by atoms with Gasteiger partial charge in [-0.25, -0.2) is 10.8 Å². The Morgan fingerprint density at radius 1 is 1.33 bits per heavy atom. The van der Waals surface area contributed by atoms with Crippen LogP contribution in [0.15, 0.2) is 46.7 Å². The van der Waals surface area contributed by atoms with Crippen molar-refractivity contribution in [2.24, 2.45) is 16.1 Å². The first-order chi connectivity index (χ1) is 16.0. The lowest BCUT2D eigenvalue weighted by Gasteiger charge is -2.43. The van der Waals surface area contributed by atoms with E-state index < -0.39 is 11.9 Å². The van der Waals surface area contributed by atoms with Gasteiger partial charge < -0.3 is 15.0 Å². The van der Waals surface area contributed by atoms with Crippen LogP contribution in [0.1, 0.15) is 23.2 Å². The number of benzene rings is 1. The summed E-state index contributed by atoms with van der Waals surface area (Å²) in [6.07, 6.45) is 1.36. The van der Waals surface area contributed by atoms with Crippen LogP contribution < -0.4 is 21.1 Å². The molecule has 1 saturated heterocycles. The number of carbonyl (C=O) groups is 2. The van der Waals surface area contributed by atoms with Gasteiger partial charge in [0, 0.05) is 34.9 Å². The smallest absolute Gasteiger partial charge is 0.316 e. The van der Waals surface area contributed by atoms with Crippen LogP contribution in [0.2, 0.25) is 0 Å². The number of amides is 2. The Morgan fingerprint density at radius 2 is 2.12 bits per heavy atom. The van der Waals surface area contributed by atoms with Crippen molar-refractivity contribution in [1.82, 2.24) is 4.98 Å². The Balaban J connectivity index is 1.73. The second kappa shape index (κ2) is 9.61. The lowest BCUT2D eigenvalue weighted by atomic mass is 10.0. The minimum Gasteiger partial charge on any atom is -0.381 e. The highest BCUT2D eigenvalue weighted by Gasteiger charge is 2.38. The zero-order valence-corrected chi connectivity index (χ0v) is 17.5. The van der Waals surface area contributed by atoms with Crippen molar-refractivity contribution in [3.05, 3.63) is 57.3 Å². The Hall–Kier alpha value is -4.06. The molecule has 170 valence electrons. The lowest BCUT2D eigenvalue weighted by Crippen LogP contribution is -2.56. The van der Waals surface area contributed by atoms with E-state index in [4.69, 9.17) is 21.1 Å². The number of hydrogen-bond acceptors (Lipinski definition) is 9. The maximum atomic E-state index is 12.8. The molecule has 0 spiro atoms. The third-order valence-electron chi connectivity index (χ3n) is 5.60. The maximum Gasteiger partial charge on any atom is 0.316 e. The van der Waals surface area contributed by atoms with Crippen LogP contribution >= 0.6 is 0 Å². The van der Waals surface area contributed by atoms with E-state index in [9.17, 15) is 14.5 Å². The molecule has 13 nitrogen and oxygen atoms in total. The van der Waals surface area contributed by atoms with Gasteiger partial charge in [-0.2, -0.15) is 0 Å². The molecule has 1 aromatic carbocycles. The number of pyridine rings is 1. The molecule has 0 aliphatic carbocycles. The van der Waals surface area contributed by atoms with Crippen LogP contribution in [0.4, 0.5) is 23.0 Å². The molecule has 0 radical (unpaired) electrons. The summed E-state index contributed by atoms with van der Waals surface area (Å²) >= 11 is 0. The van der Waals surface area contributed by atoms with Crippen LogP contribution in [0.5, 0.6) is 0 Å². The van der Waals surface area contributed by atoms with E-state index >= 15 is 0 Å². The number of nitrogens with two attached hydrogens (primary N) is 1. The molecule has 3 heterocycles. The normalized spacial score (nSPS) is 18.0. The van der Waals surface area contributed by atoms with Crippen LogP contribution in [-0.2, 0) is 9.53 Å². The van der Waals surface area contributed by atoms with Gasteiger partial charge in [-0.15, -0.1) is 4.91 Å². The predicted molar refractivity (Wildman–Crippen MR) is 120 cm³/mol. The molecule has 0 bridgehead atoms. The van der Waals surface area contributed by atoms with Crippen molar-refractivity contribution < 1.29 is 14.3 Å². The number of hydrazine groups is 1. The van der Waals surface area contributed by atoms with Crippen molar-refractivity contribution in [2.45, 2.75) is 24.9 Å². The number of carbonyl (C=O) groups excluding carboxylic acids is 2. The zero-order valence-electron chi connectivity index (χ0n) is 17.5. The van der Waals surface area contributed by atoms with Crippen LogP contribution in [0.3, 0.4) is 0 Å². The van der Waals surface area contributed by atoms with E-state index in [-0.39, 0.29) is 24.1 Å². The minimum atomic E-state index is -0.905. The van der Waals surface area contributed by atoms with E-state index in [1.54, 1.807) is 24.3 Å². The summed E-state index contributed by atoms with van der Waals surface area (Å²) < 4.78 is 5.47. The predicted octanol–water partition coefficient (Wildman–Crippen LogP) is 2.62. The third kappa shape index (κ3) is 4.46. The highest BCUT2D eigenvalue weighted by Crippen LogP contribution is 2.36. The molecule has 3 N–H and O–H groups in total. The van der Waals surface area contributed by atoms with E-state index in [0.29, 0.717) is 49.1 Å². The van der Waals surface area contributed by atoms with Crippen LogP contribution in [-0.4, -0.2) is 48.6 Å². The fraction of sp³-hybridized carbons (Fsp3) is 0.350. The summed E-state index contributed by atoms with van der Waals surface area (Å²) in [6.45, 7) is 1.03. The first kappa shape index (κ1) is 22.1. The topological polar surface area (TPSA) is 179 Å². The van der Waals surface area contributed by atoms with E-state index in [1.807, 2.05) is 4.90 Å². The highest BCUT2D eigenvalue weighted by atomic mass is 16.5. The zero-order chi connectivity index (χ0) is 23.4. The van der Waals surface area contributed by atoms with Gasteiger partial charge in [0.1, 0.15) is 11.9 Å². The summed E-state index contributed by atoms with van der Waals surface area (Å²) in [6, 6.07) is 8.68. The molecular formula is C20H21N9O4. The molecule has 2 aliphatic heterocycles. The SMILES string of the molecule is [N-]=[N+]=NC[C@@H]1C(=O)Nc2ccc(N(N)c3cccc(C(=O)N=O)c3)nc2N1C1CCOCC1. The molecule has 4 rings (SSSR count). The number of nitroso groups, excluding NO2 is 1. The number of anilines is 4.